The number of hydrogen-bond acceptors (Lipinski definition) is 2. The summed E-state index contributed by atoms with van der Waals surface area (Å²) in [5.74, 6) is -0.432. The average molecular weight is 390 g/mol. The minimum Gasteiger partial charge on any atom is -0.349 e. The minimum absolute atomic E-state index is 0.0619. The second-order valence-corrected chi connectivity index (χ2v) is 6.91. The summed E-state index contributed by atoms with van der Waals surface area (Å²) in [5, 5.41) is 13.1. The largest absolute Gasteiger partial charge is 0.349 e. The highest BCUT2D eigenvalue weighted by molar-refractivity contribution is 6.35. The Morgan fingerprint density at radius 2 is 2.04 bits per heavy atom. The Hall–Kier alpha value is -2.22. The molecule has 1 N–H and O–H groups in total. The van der Waals surface area contributed by atoms with Crippen molar-refractivity contribution >= 4 is 35.2 Å². The van der Waals surface area contributed by atoms with Gasteiger partial charge in [0.05, 0.1) is 0 Å². The summed E-state index contributed by atoms with van der Waals surface area (Å²) in [6.07, 6.45) is 2.65. The predicted octanol–water partition coefficient (Wildman–Crippen LogP) is 5.05. The number of aromatic nitrogens is 1. The van der Waals surface area contributed by atoms with E-state index in [4.69, 9.17) is 23.2 Å². The van der Waals surface area contributed by atoms with E-state index in [1.54, 1.807) is 24.3 Å². The van der Waals surface area contributed by atoms with Crippen molar-refractivity contribution in [3.63, 3.8) is 0 Å². The molecule has 1 heterocycles. The molecule has 0 aliphatic rings. The van der Waals surface area contributed by atoms with Crippen molar-refractivity contribution in [3.05, 3.63) is 62.4 Å². The van der Waals surface area contributed by atoms with Crippen LogP contribution in [0.25, 0.3) is 6.08 Å². The molecule has 6 heteroatoms. The molecule has 0 bridgehead atoms. The van der Waals surface area contributed by atoms with Crippen molar-refractivity contribution in [1.29, 1.82) is 5.26 Å². The van der Waals surface area contributed by atoms with Crippen molar-refractivity contribution in [3.8, 4) is 6.07 Å². The number of carbonyl (C=O) groups is 1. The number of rotatable bonds is 6. The number of hydrogen-bond donors (Lipinski definition) is 1. The topological polar surface area (TPSA) is 57.8 Å². The quantitative estimate of drug-likeness (QED) is 0.555. The van der Waals surface area contributed by atoms with E-state index < -0.39 is 5.91 Å². The van der Waals surface area contributed by atoms with Crippen molar-refractivity contribution in [2.75, 3.05) is 0 Å². The first-order valence-corrected chi connectivity index (χ1v) is 9.13. The number of carbonyl (C=O) groups excluding carboxylic acids is 1. The van der Waals surface area contributed by atoms with E-state index in [1.165, 1.54) is 0 Å². The molecule has 0 saturated carbocycles. The van der Waals surface area contributed by atoms with Crippen LogP contribution in [0.1, 0.15) is 35.9 Å². The van der Waals surface area contributed by atoms with Gasteiger partial charge in [-0.2, -0.15) is 5.26 Å². The van der Waals surface area contributed by atoms with Gasteiger partial charge in [0.25, 0.3) is 5.91 Å². The predicted molar refractivity (Wildman–Crippen MR) is 106 cm³/mol. The van der Waals surface area contributed by atoms with Gasteiger partial charge in [-0.3, -0.25) is 4.79 Å². The van der Waals surface area contributed by atoms with Gasteiger partial charge in [-0.15, -0.1) is 0 Å². The third kappa shape index (κ3) is 4.69. The standard InChI is InChI=1S/C20H21Cl2N3O/c1-4-7-25-13(2)8-16(14(25)3)9-17(11-23)20(26)24-12-15-5-6-18(21)10-19(15)22/h5-6,8-10H,4,7,12H2,1-3H3,(H,24,26)/b17-9+. The zero-order valence-electron chi connectivity index (χ0n) is 15.1. The van der Waals surface area contributed by atoms with Crippen molar-refractivity contribution in [1.82, 2.24) is 9.88 Å². The summed E-state index contributed by atoms with van der Waals surface area (Å²) in [6, 6.07) is 9.05. The lowest BCUT2D eigenvalue weighted by atomic mass is 10.1. The highest BCUT2D eigenvalue weighted by Gasteiger charge is 2.13. The van der Waals surface area contributed by atoms with Gasteiger partial charge in [-0.05, 0) is 55.7 Å². The fourth-order valence-electron chi connectivity index (χ4n) is 2.78. The number of amides is 1. The Morgan fingerprint density at radius 3 is 2.65 bits per heavy atom. The van der Waals surface area contributed by atoms with Gasteiger partial charge in [-0.1, -0.05) is 36.2 Å². The zero-order chi connectivity index (χ0) is 19.3. The first-order valence-electron chi connectivity index (χ1n) is 8.38. The van der Waals surface area contributed by atoms with Crippen LogP contribution in [0.2, 0.25) is 10.0 Å². The van der Waals surface area contributed by atoms with E-state index in [2.05, 4.69) is 16.8 Å². The van der Waals surface area contributed by atoms with Gasteiger partial charge in [-0.25, -0.2) is 0 Å². The molecule has 2 rings (SSSR count). The fraction of sp³-hybridized carbons (Fsp3) is 0.300. The normalized spacial score (nSPS) is 11.3. The molecular weight excluding hydrogens is 369 g/mol. The fourth-order valence-corrected chi connectivity index (χ4v) is 3.26. The number of benzene rings is 1. The lowest BCUT2D eigenvalue weighted by molar-refractivity contribution is -0.117. The Balaban J connectivity index is 2.17. The Labute approximate surface area is 164 Å². The molecule has 1 aromatic heterocycles. The van der Waals surface area contributed by atoms with Crippen LogP contribution in [0.5, 0.6) is 0 Å². The van der Waals surface area contributed by atoms with Crippen molar-refractivity contribution in [2.45, 2.75) is 40.3 Å². The molecule has 4 nitrogen and oxygen atoms in total. The third-order valence-electron chi connectivity index (χ3n) is 4.18. The monoisotopic (exact) mass is 389 g/mol. The molecule has 0 saturated heterocycles. The van der Waals surface area contributed by atoms with Crippen LogP contribution in [-0.4, -0.2) is 10.5 Å². The minimum atomic E-state index is -0.432. The molecule has 0 radical (unpaired) electrons. The number of halogens is 2. The van der Waals surface area contributed by atoms with Crippen LogP contribution in [0, 0.1) is 25.2 Å². The van der Waals surface area contributed by atoms with Gasteiger partial charge in [0.2, 0.25) is 0 Å². The number of aryl methyl sites for hydroxylation is 1. The lowest BCUT2D eigenvalue weighted by Gasteiger charge is -2.08. The third-order valence-corrected chi connectivity index (χ3v) is 4.77. The van der Waals surface area contributed by atoms with E-state index in [0.717, 1.165) is 35.5 Å². The number of nitriles is 1. The highest BCUT2D eigenvalue weighted by atomic mass is 35.5. The van der Waals surface area contributed by atoms with E-state index in [0.29, 0.717) is 10.0 Å². The molecule has 2 aromatic rings. The molecule has 1 amide bonds. The van der Waals surface area contributed by atoms with E-state index >= 15 is 0 Å². The van der Waals surface area contributed by atoms with Crippen molar-refractivity contribution < 1.29 is 4.79 Å². The van der Waals surface area contributed by atoms with Crippen LogP contribution in [0.4, 0.5) is 0 Å². The van der Waals surface area contributed by atoms with Crippen LogP contribution in [0.15, 0.2) is 29.8 Å². The molecule has 0 spiro atoms. The molecule has 0 aliphatic heterocycles. The number of nitrogens with zero attached hydrogens (tertiary/aromatic N) is 2. The van der Waals surface area contributed by atoms with E-state index in [1.807, 2.05) is 26.0 Å². The summed E-state index contributed by atoms with van der Waals surface area (Å²) in [7, 11) is 0. The summed E-state index contributed by atoms with van der Waals surface area (Å²) in [4.78, 5) is 12.4. The zero-order valence-corrected chi connectivity index (χ0v) is 16.6. The van der Waals surface area contributed by atoms with Crippen LogP contribution in [-0.2, 0) is 17.9 Å². The maximum Gasteiger partial charge on any atom is 0.262 e. The second-order valence-electron chi connectivity index (χ2n) is 6.07. The van der Waals surface area contributed by atoms with E-state index in [9.17, 15) is 10.1 Å². The van der Waals surface area contributed by atoms with Crippen molar-refractivity contribution in [2.24, 2.45) is 0 Å². The summed E-state index contributed by atoms with van der Waals surface area (Å²) in [5.41, 5.74) is 3.84. The number of nitrogens with one attached hydrogen (secondary N) is 1. The molecular formula is C20H21Cl2N3O. The maximum atomic E-state index is 12.4. The lowest BCUT2D eigenvalue weighted by Crippen LogP contribution is -2.24. The van der Waals surface area contributed by atoms with Crippen LogP contribution in [0.3, 0.4) is 0 Å². The first kappa shape index (κ1) is 20.1. The van der Waals surface area contributed by atoms with Gasteiger partial charge < -0.3 is 9.88 Å². The first-order chi connectivity index (χ1) is 12.4. The molecule has 0 aliphatic carbocycles. The molecule has 26 heavy (non-hydrogen) atoms. The van der Waals surface area contributed by atoms with Gasteiger partial charge >= 0.3 is 0 Å². The van der Waals surface area contributed by atoms with Gasteiger partial charge in [0.15, 0.2) is 0 Å². The van der Waals surface area contributed by atoms with Crippen LogP contribution < -0.4 is 5.32 Å². The molecule has 0 atom stereocenters. The molecule has 136 valence electrons. The van der Waals surface area contributed by atoms with Crippen LogP contribution >= 0.6 is 23.2 Å². The Morgan fingerprint density at radius 1 is 1.31 bits per heavy atom. The van der Waals surface area contributed by atoms with Gasteiger partial charge in [0, 0.05) is 34.5 Å². The average Bonchev–Trinajstić information content (AvgIpc) is 2.86. The summed E-state index contributed by atoms with van der Waals surface area (Å²) in [6.45, 7) is 7.27. The Bertz CT molecular complexity index is 891. The summed E-state index contributed by atoms with van der Waals surface area (Å²) >= 11 is 12.0. The molecule has 0 fully saturated rings. The SMILES string of the molecule is CCCn1c(C)cc(/C=C(\C#N)C(=O)NCc2ccc(Cl)cc2Cl)c1C. The van der Waals surface area contributed by atoms with Gasteiger partial charge in [0.1, 0.15) is 11.6 Å². The molecule has 1 aromatic carbocycles. The second kappa shape index (κ2) is 8.93. The molecule has 0 unspecified atom stereocenters. The smallest absolute Gasteiger partial charge is 0.262 e. The summed E-state index contributed by atoms with van der Waals surface area (Å²) < 4.78 is 2.19. The highest BCUT2D eigenvalue weighted by Crippen LogP contribution is 2.21. The maximum absolute atomic E-state index is 12.4. The Kier molecular flexibility index (Phi) is 6.90. The van der Waals surface area contributed by atoms with E-state index in [-0.39, 0.29) is 12.1 Å².